The van der Waals surface area contributed by atoms with Crippen LogP contribution in [0.15, 0.2) is 18.2 Å². The number of amides is 1. The lowest BCUT2D eigenvalue weighted by molar-refractivity contribution is 0.0697. The predicted molar refractivity (Wildman–Crippen MR) is 56.3 cm³/mol. The highest BCUT2D eigenvalue weighted by atomic mass is 16.4. The van der Waals surface area contributed by atoms with E-state index in [1.807, 2.05) is 4.90 Å². The maximum absolute atomic E-state index is 12.0. The number of rotatable bonds is 2. The first-order valence-electron chi connectivity index (χ1n) is 5.34. The van der Waals surface area contributed by atoms with Crippen molar-refractivity contribution < 1.29 is 14.7 Å². The number of carboxylic acid groups (broad SMARTS) is 1. The van der Waals surface area contributed by atoms with Gasteiger partial charge < -0.3 is 10.0 Å². The number of carboxylic acids is 1. The first-order chi connectivity index (χ1) is 7.66. The molecule has 0 unspecified atom stereocenters. The molecule has 3 rings (SSSR count). The van der Waals surface area contributed by atoms with Crippen molar-refractivity contribution in [3.63, 3.8) is 0 Å². The molecule has 0 atom stereocenters. The molecule has 4 nitrogen and oxygen atoms in total. The average Bonchev–Trinajstić information content (AvgIpc) is 3.04. The summed E-state index contributed by atoms with van der Waals surface area (Å²) in [6.45, 7) is 0.638. The molecular formula is C12H11NO3. The van der Waals surface area contributed by atoms with Gasteiger partial charge in [-0.3, -0.25) is 4.79 Å². The third kappa shape index (κ3) is 1.30. The molecule has 4 heteroatoms. The molecule has 1 heterocycles. The van der Waals surface area contributed by atoms with E-state index < -0.39 is 5.97 Å². The van der Waals surface area contributed by atoms with E-state index in [1.54, 1.807) is 12.1 Å². The fourth-order valence-corrected chi connectivity index (χ4v) is 2.14. The minimum atomic E-state index is -0.986. The summed E-state index contributed by atoms with van der Waals surface area (Å²) in [5.74, 6) is -0.999. The minimum Gasteiger partial charge on any atom is -0.478 e. The van der Waals surface area contributed by atoms with E-state index in [2.05, 4.69) is 0 Å². The third-order valence-electron chi connectivity index (χ3n) is 3.18. The molecule has 1 amide bonds. The lowest BCUT2D eigenvalue weighted by Crippen LogP contribution is -2.25. The number of nitrogens with zero attached hydrogens (tertiary/aromatic N) is 1. The molecule has 2 aliphatic rings. The summed E-state index contributed by atoms with van der Waals surface area (Å²) in [6, 6.07) is 5.18. The number of hydrogen-bond donors (Lipinski definition) is 1. The predicted octanol–water partition coefficient (Wildman–Crippen LogP) is 1.50. The van der Waals surface area contributed by atoms with Gasteiger partial charge in [-0.15, -0.1) is 0 Å². The molecule has 1 saturated carbocycles. The van der Waals surface area contributed by atoms with Crippen LogP contribution in [0.3, 0.4) is 0 Å². The SMILES string of the molecule is O=C(O)c1ccc2c(c1)C(=O)N(C1CC1)C2. The van der Waals surface area contributed by atoms with Gasteiger partial charge in [0.1, 0.15) is 0 Å². The van der Waals surface area contributed by atoms with Gasteiger partial charge in [0.2, 0.25) is 0 Å². The Bertz CT molecular complexity index is 491. The largest absolute Gasteiger partial charge is 0.478 e. The molecule has 0 spiro atoms. The monoisotopic (exact) mass is 217 g/mol. The third-order valence-corrected chi connectivity index (χ3v) is 3.18. The Hall–Kier alpha value is -1.84. The summed E-state index contributed by atoms with van der Waals surface area (Å²) in [4.78, 5) is 24.6. The summed E-state index contributed by atoms with van der Waals surface area (Å²) < 4.78 is 0. The molecule has 1 N–H and O–H groups in total. The van der Waals surface area contributed by atoms with Crippen molar-refractivity contribution in [3.05, 3.63) is 34.9 Å². The Morgan fingerprint density at radius 2 is 2.12 bits per heavy atom. The van der Waals surface area contributed by atoms with Gasteiger partial charge in [0, 0.05) is 18.2 Å². The fraction of sp³-hybridized carbons (Fsp3) is 0.333. The van der Waals surface area contributed by atoms with Crippen LogP contribution in [0.1, 0.15) is 39.1 Å². The standard InChI is InChI=1S/C12H11NO3/c14-11-10-5-7(12(15)16)1-2-8(10)6-13(11)9-3-4-9/h1-2,5,9H,3-4,6H2,(H,15,16). The summed E-state index contributed by atoms with van der Waals surface area (Å²) in [5.41, 5.74) is 1.69. The van der Waals surface area contributed by atoms with Gasteiger partial charge in [-0.2, -0.15) is 0 Å². The molecule has 82 valence electrons. The number of carbonyl (C=O) groups is 2. The van der Waals surface area contributed by atoms with Crippen LogP contribution in [0.25, 0.3) is 0 Å². The molecule has 0 aromatic heterocycles. The van der Waals surface area contributed by atoms with Crippen LogP contribution in [-0.2, 0) is 6.54 Å². The van der Waals surface area contributed by atoms with Crippen LogP contribution in [-0.4, -0.2) is 27.9 Å². The second-order valence-electron chi connectivity index (χ2n) is 4.34. The van der Waals surface area contributed by atoms with E-state index in [9.17, 15) is 9.59 Å². The Balaban J connectivity index is 1.99. The second kappa shape index (κ2) is 3.07. The zero-order valence-electron chi connectivity index (χ0n) is 8.64. The van der Waals surface area contributed by atoms with E-state index in [1.165, 1.54) is 6.07 Å². The van der Waals surface area contributed by atoms with Crippen molar-refractivity contribution in [3.8, 4) is 0 Å². The van der Waals surface area contributed by atoms with Crippen LogP contribution in [0.2, 0.25) is 0 Å². The molecule has 1 aromatic carbocycles. The van der Waals surface area contributed by atoms with E-state index in [0.29, 0.717) is 18.2 Å². The molecule has 16 heavy (non-hydrogen) atoms. The van der Waals surface area contributed by atoms with E-state index in [-0.39, 0.29) is 11.5 Å². The van der Waals surface area contributed by atoms with Gasteiger partial charge in [-0.25, -0.2) is 4.79 Å². The zero-order chi connectivity index (χ0) is 11.3. The molecular weight excluding hydrogens is 206 g/mol. The zero-order valence-corrected chi connectivity index (χ0v) is 8.64. The van der Waals surface area contributed by atoms with Crippen molar-refractivity contribution in [2.45, 2.75) is 25.4 Å². The van der Waals surface area contributed by atoms with Gasteiger partial charge >= 0.3 is 5.97 Å². The van der Waals surface area contributed by atoms with E-state index in [0.717, 1.165) is 18.4 Å². The molecule has 1 aromatic rings. The van der Waals surface area contributed by atoms with E-state index in [4.69, 9.17) is 5.11 Å². The highest BCUT2D eigenvalue weighted by Gasteiger charge is 2.38. The van der Waals surface area contributed by atoms with Gasteiger partial charge in [0.15, 0.2) is 0 Å². The fourth-order valence-electron chi connectivity index (χ4n) is 2.14. The van der Waals surface area contributed by atoms with Crippen LogP contribution >= 0.6 is 0 Å². The van der Waals surface area contributed by atoms with Gasteiger partial charge in [0.05, 0.1) is 5.56 Å². The van der Waals surface area contributed by atoms with Gasteiger partial charge in [-0.05, 0) is 30.5 Å². The Morgan fingerprint density at radius 1 is 1.38 bits per heavy atom. The lowest BCUT2D eigenvalue weighted by atomic mass is 10.1. The second-order valence-corrected chi connectivity index (χ2v) is 4.34. The quantitative estimate of drug-likeness (QED) is 0.816. The summed E-state index contributed by atoms with van der Waals surface area (Å²) in [7, 11) is 0. The highest BCUT2D eigenvalue weighted by molar-refractivity contribution is 6.01. The molecule has 0 saturated heterocycles. The number of fused-ring (bicyclic) bond motifs is 1. The Labute approximate surface area is 92.5 Å². The first kappa shape index (κ1) is 9.39. The lowest BCUT2D eigenvalue weighted by Gasteiger charge is -2.13. The van der Waals surface area contributed by atoms with Crippen molar-refractivity contribution in [2.75, 3.05) is 0 Å². The molecule has 0 radical (unpaired) electrons. The molecule has 0 bridgehead atoms. The van der Waals surface area contributed by atoms with Crippen molar-refractivity contribution >= 4 is 11.9 Å². The molecule has 1 fully saturated rings. The summed E-state index contributed by atoms with van der Waals surface area (Å²) in [6.07, 6.45) is 2.15. The highest BCUT2D eigenvalue weighted by Crippen LogP contribution is 2.34. The number of aromatic carboxylic acids is 1. The van der Waals surface area contributed by atoms with Gasteiger partial charge in [-0.1, -0.05) is 6.07 Å². The number of carbonyl (C=O) groups excluding carboxylic acids is 1. The normalized spacial score (nSPS) is 18.8. The maximum Gasteiger partial charge on any atom is 0.335 e. The number of hydrogen-bond acceptors (Lipinski definition) is 2. The van der Waals surface area contributed by atoms with Crippen LogP contribution < -0.4 is 0 Å². The smallest absolute Gasteiger partial charge is 0.335 e. The Kier molecular flexibility index (Phi) is 1.80. The van der Waals surface area contributed by atoms with Crippen LogP contribution in [0, 0.1) is 0 Å². The topological polar surface area (TPSA) is 57.6 Å². The summed E-state index contributed by atoms with van der Waals surface area (Å²) in [5, 5.41) is 8.86. The summed E-state index contributed by atoms with van der Waals surface area (Å²) >= 11 is 0. The van der Waals surface area contributed by atoms with Crippen LogP contribution in [0.5, 0.6) is 0 Å². The van der Waals surface area contributed by atoms with Gasteiger partial charge in [0.25, 0.3) is 5.91 Å². The first-order valence-corrected chi connectivity index (χ1v) is 5.34. The van der Waals surface area contributed by atoms with Crippen LogP contribution in [0.4, 0.5) is 0 Å². The maximum atomic E-state index is 12.0. The van der Waals surface area contributed by atoms with E-state index >= 15 is 0 Å². The number of benzene rings is 1. The average molecular weight is 217 g/mol. The Morgan fingerprint density at radius 3 is 2.75 bits per heavy atom. The van der Waals surface area contributed by atoms with Crippen molar-refractivity contribution in [1.82, 2.24) is 4.90 Å². The molecule has 1 aliphatic carbocycles. The van der Waals surface area contributed by atoms with Crippen molar-refractivity contribution in [2.24, 2.45) is 0 Å². The minimum absolute atomic E-state index is 0.0133. The van der Waals surface area contributed by atoms with Crippen molar-refractivity contribution in [1.29, 1.82) is 0 Å². The molecule has 1 aliphatic heterocycles.